The highest BCUT2D eigenvalue weighted by Gasteiger charge is 2.28. The van der Waals surface area contributed by atoms with Crippen molar-refractivity contribution in [1.29, 1.82) is 0 Å². The summed E-state index contributed by atoms with van der Waals surface area (Å²) in [7, 11) is 0. The zero-order valence-corrected chi connectivity index (χ0v) is 12.5. The fourth-order valence-electron chi connectivity index (χ4n) is 2.04. The number of benzene rings is 1. The van der Waals surface area contributed by atoms with Gasteiger partial charge in [-0.3, -0.25) is 4.79 Å². The molecule has 1 unspecified atom stereocenters. The second kappa shape index (κ2) is 6.04. The lowest BCUT2D eigenvalue weighted by Gasteiger charge is -2.34. The lowest BCUT2D eigenvalue weighted by Crippen LogP contribution is -2.49. The van der Waals surface area contributed by atoms with Gasteiger partial charge in [0.2, 0.25) is 0 Å². The molecule has 1 fully saturated rings. The van der Waals surface area contributed by atoms with Gasteiger partial charge in [0, 0.05) is 22.5 Å². The number of carbonyl (C=O) groups excluding carboxylic acids is 1. The topological polar surface area (TPSA) is 29.5 Å². The smallest absolute Gasteiger partial charge is 0.254 e. The Morgan fingerprint density at radius 3 is 3.11 bits per heavy atom. The van der Waals surface area contributed by atoms with Crippen LogP contribution in [0.25, 0.3) is 0 Å². The van der Waals surface area contributed by atoms with Crippen LogP contribution in [0.5, 0.6) is 0 Å². The monoisotopic (exact) mass is 331 g/mol. The van der Waals surface area contributed by atoms with Crippen LogP contribution in [0, 0.1) is 6.92 Å². The van der Waals surface area contributed by atoms with Crippen molar-refractivity contribution in [2.45, 2.75) is 13.0 Å². The number of hydrogen-bond donors (Lipinski definition) is 0. The summed E-state index contributed by atoms with van der Waals surface area (Å²) in [4.78, 5) is 14.3. The van der Waals surface area contributed by atoms with Gasteiger partial charge in [0.05, 0.1) is 19.3 Å². The molecule has 1 aromatic carbocycles. The normalized spacial score (nSPS) is 19.9. The van der Waals surface area contributed by atoms with E-state index < -0.39 is 0 Å². The number of nitrogens with zero attached hydrogens (tertiary/aromatic N) is 1. The summed E-state index contributed by atoms with van der Waals surface area (Å²) < 4.78 is 6.30. The van der Waals surface area contributed by atoms with Crippen molar-refractivity contribution >= 4 is 33.4 Å². The van der Waals surface area contributed by atoms with Gasteiger partial charge in [-0.25, -0.2) is 0 Å². The summed E-state index contributed by atoms with van der Waals surface area (Å²) in [6.07, 6.45) is 0. The second-order valence-corrected chi connectivity index (χ2v) is 5.46. The molecular formula is C13H15BrClNO2. The molecular weight excluding hydrogens is 318 g/mol. The van der Waals surface area contributed by atoms with E-state index in [1.807, 2.05) is 30.0 Å². The van der Waals surface area contributed by atoms with Crippen molar-refractivity contribution in [2.24, 2.45) is 0 Å². The number of morpholine rings is 1. The third-order valence-electron chi connectivity index (χ3n) is 3.16. The summed E-state index contributed by atoms with van der Waals surface area (Å²) in [5.74, 6) is 0.432. The maximum Gasteiger partial charge on any atom is 0.254 e. The lowest BCUT2D eigenvalue weighted by atomic mass is 10.1. The van der Waals surface area contributed by atoms with Crippen LogP contribution in [0.2, 0.25) is 0 Å². The van der Waals surface area contributed by atoms with E-state index in [0.717, 1.165) is 15.6 Å². The van der Waals surface area contributed by atoms with Crippen LogP contribution in [0.4, 0.5) is 0 Å². The van der Waals surface area contributed by atoms with Crippen molar-refractivity contribution in [3.63, 3.8) is 0 Å². The predicted octanol–water partition coefficient (Wildman–Crippen LogP) is 2.84. The van der Waals surface area contributed by atoms with Crippen LogP contribution < -0.4 is 0 Å². The van der Waals surface area contributed by atoms with Crippen LogP contribution in [0.3, 0.4) is 0 Å². The molecule has 1 heterocycles. The van der Waals surface area contributed by atoms with Crippen molar-refractivity contribution in [2.75, 3.05) is 25.6 Å². The average Bonchev–Trinajstić information content (AvgIpc) is 2.41. The van der Waals surface area contributed by atoms with Crippen LogP contribution in [0.15, 0.2) is 22.7 Å². The molecule has 0 spiro atoms. The first kappa shape index (κ1) is 13.8. The number of halogens is 2. The molecule has 1 aliphatic rings. The predicted molar refractivity (Wildman–Crippen MR) is 75.2 cm³/mol. The molecule has 2 rings (SSSR count). The number of amides is 1. The quantitative estimate of drug-likeness (QED) is 0.780. The van der Waals surface area contributed by atoms with E-state index in [4.69, 9.17) is 16.3 Å². The first-order chi connectivity index (χ1) is 8.65. The Labute approximate surface area is 120 Å². The Morgan fingerprint density at radius 1 is 1.61 bits per heavy atom. The van der Waals surface area contributed by atoms with E-state index in [0.29, 0.717) is 25.6 Å². The number of ether oxygens (including phenoxy) is 1. The Morgan fingerprint density at radius 2 is 2.39 bits per heavy atom. The van der Waals surface area contributed by atoms with Gasteiger partial charge in [0.15, 0.2) is 0 Å². The third kappa shape index (κ3) is 2.71. The number of carbonyl (C=O) groups is 1. The summed E-state index contributed by atoms with van der Waals surface area (Å²) in [5, 5.41) is 0. The van der Waals surface area contributed by atoms with Gasteiger partial charge in [0.25, 0.3) is 5.91 Å². The first-order valence-electron chi connectivity index (χ1n) is 5.85. The summed E-state index contributed by atoms with van der Waals surface area (Å²) in [5.41, 5.74) is 1.68. The van der Waals surface area contributed by atoms with Crippen LogP contribution in [-0.4, -0.2) is 42.5 Å². The van der Waals surface area contributed by atoms with Gasteiger partial charge in [0.1, 0.15) is 0 Å². The highest BCUT2D eigenvalue weighted by atomic mass is 79.9. The number of hydrogen-bond acceptors (Lipinski definition) is 2. The summed E-state index contributed by atoms with van der Waals surface area (Å²) in [6.45, 7) is 3.63. The van der Waals surface area contributed by atoms with Gasteiger partial charge in [-0.15, -0.1) is 11.6 Å². The highest BCUT2D eigenvalue weighted by Crippen LogP contribution is 2.22. The molecule has 5 heteroatoms. The van der Waals surface area contributed by atoms with E-state index in [9.17, 15) is 4.79 Å². The molecule has 0 aromatic heterocycles. The van der Waals surface area contributed by atoms with E-state index in [-0.39, 0.29) is 11.9 Å². The molecule has 0 aliphatic carbocycles. The largest absolute Gasteiger partial charge is 0.377 e. The van der Waals surface area contributed by atoms with Gasteiger partial charge >= 0.3 is 0 Å². The zero-order valence-electron chi connectivity index (χ0n) is 10.2. The van der Waals surface area contributed by atoms with Crippen LogP contribution in [0.1, 0.15) is 15.9 Å². The van der Waals surface area contributed by atoms with E-state index in [2.05, 4.69) is 15.9 Å². The molecule has 18 heavy (non-hydrogen) atoms. The van der Waals surface area contributed by atoms with Crippen molar-refractivity contribution in [3.8, 4) is 0 Å². The van der Waals surface area contributed by atoms with E-state index >= 15 is 0 Å². The molecule has 0 bridgehead atoms. The number of alkyl halides is 1. The minimum absolute atomic E-state index is 0.0303. The SMILES string of the molecule is Cc1c(Br)cccc1C(=O)N1CCOCC1CCl. The minimum Gasteiger partial charge on any atom is -0.377 e. The molecule has 1 atom stereocenters. The average molecular weight is 333 g/mol. The fourth-order valence-corrected chi connectivity index (χ4v) is 2.67. The molecule has 3 nitrogen and oxygen atoms in total. The molecule has 0 saturated carbocycles. The molecule has 98 valence electrons. The van der Waals surface area contributed by atoms with Crippen LogP contribution in [-0.2, 0) is 4.74 Å². The molecule has 1 amide bonds. The maximum atomic E-state index is 12.5. The van der Waals surface area contributed by atoms with E-state index in [1.165, 1.54) is 0 Å². The van der Waals surface area contributed by atoms with E-state index in [1.54, 1.807) is 0 Å². The Hall–Kier alpha value is -0.580. The summed E-state index contributed by atoms with van der Waals surface area (Å²) >= 11 is 9.34. The standard InChI is InChI=1S/C13H15BrClNO2/c1-9-11(3-2-4-12(9)14)13(17)16-5-6-18-8-10(16)7-15/h2-4,10H,5-8H2,1H3. The van der Waals surface area contributed by atoms with Gasteiger partial charge in [-0.05, 0) is 24.6 Å². The highest BCUT2D eigenvalue weighted by molar-refractivity contribution is 9.10. The first-order valence-corrected chi connectivity index (χ1v) is 7.17. The summed E-state index contributed by atoms with van der Waals surface area (Å²) in [6, 6.07) is 5.62. The third-order valence-corrected chi connectivity index (χ3v) is 4.38. The molecule has 1 saturated heterocycles. The van der Waals surface area contributed by atoms with Crippen LogP contribution >= 0.6 is 27.5 Å². The second-order valence-electron chi connectivity index (χ2n) is 4.29. The fraction of sp³-hybridized carbons (Fsp3) is 0.462. The van der Waals surface area contributed by atoms with Crippen molar-refractivity contribution in [3.05, 3.63) is 33.8 Å². The molecule has 1 aromatic rings. The molecule has 0 radical (unpaired) electrons. The van der Waals surface area contributed by atoms with Crippen molar-refractivity contribution in [1.82, 2.24) is 4.90 Å². The Balaban J connectivity index is 2.27. The lowest BCUT2D eigenvalue weighted by molar-refractivity contribution is 0.00451. The van der Waals surface area contributed by atoms with Gasteiger partial charge in [-0.1, -0.05) is 22.0 Å². The molecule has 0 N–H and O–H groups in total. The Kier molecular flexibility index (Phi) is 4.65. The van der Waals surface area contributed by atoms with Gasteiger partial charge < -0.3 is 9.64 Å². The molecule has 1 aliphatic heterocycles. The Bertz CT molecular complexity index is 453. The minimum atomic E-state index is -0.0358. The van der Waals surface area contributed by atoms with Gasteiger partial charge in [-0.2, -0.15) is 0 Å². The van der Waals surface area contributed by atoms with Crippen molar-refractivity contribution < 1.29 is 9.53 Å². The zero-order chi connectivity index (χ0) is 13.1. The number of rotatable bonds is 2. The maximum absolute atomic E-state index is 12.5.